The molecule has 0 fully saturated rings. The van der Waals surface area contributed by atoms with Gasteiger partial charge in [0.25, 0.3) is 0 Å². The molecule has 0 amide bonds. The van der Waals surface area contributed by atoms with Gasteiger partial charge in [-0.2, -0.15) is 5.10 Å². The van der Waals surface area contributed by atoms with Crippen LogP contribution in [0.15, 0.2) is 64.2 Å². The van der Waals surface area contributed by atoms with Gasteiger partial charge < -0.3 is 10.9 Å². The number of aromatic hydroxyl groups is 1. The van der Waals surface area contributed by atoms with Crippen LogP contribution in [0.5, 0.6) is 5.75 Å². The zero-order chi connectivity index (χ0) is 17.1. The summed E-state index contributed by atoms with van der Waals surface area (Å²) >= 11 is 3.42. The number of aryl methyl sites for hydroxylation is 1. The molecule has 0 radical (unpaired) electrons. The fraction of sp³-hybridized carbons (Fsp3) is 0.0556. The minimum Gasteiger partial charge on any atom is -0.508 e. The molecule has 6 heteroatoms. The molecule has 1 heterocycles. The summed E-state index contributed by atoms with van der Waals surface area (Å²) in [5.74, 6) is 6.39. The van der Waals surface area contributed by atoms with Crippen molar-refractivity contribution in [2.75, 3.05) is 0 Å². The van der Waals surface area contributed by atoms with Crippen LogP contribution in [0.3, 0.4) is 0 Å². The molecule has 2 aromatic carbocycles. The maximum atomic E-state index is 9.44. The maximum Gasteiger partial charge on any atom is 0.160 e. The van der Waals surface area contributed by atoms with Gasteiger partial charge in [0.1, 0.15) is 11.5 Å². The average Bonchev–Trinajstić information content (AvgIpc) is 2.57. The predicted octanol–water partition coefficient (Wildman–Crippen LogP) is 3.63. The van der Waals surface area contributed by atoms with Crippen molar-refractivity contribution in [1.29, 1.82) is 0 Å². The highest BCUT2D eigenvalue weighted by molar-refractivity contribution is 9.10. The fourth-order valence-corrected chi connectivity index (χ4v) is 2.59. The molecular weight excluding hydrogens is 368 g/mol. The summed E-state index contributed by atoms with van der Waals surface area (Å²) in [6.07, 6.45) is 0. The minimum absolute atomic E-state index is 0.185. The molecule has 0 atom stereocenters. The van der Waals surface area contributed by atoms with Gasteiger partial charge in [-0.25, -0.2) is 9.97 Å². The number of phenolic OH excluding ortho intramolecular Hbond substituents is 1. The number of halogens is 1. The molecule has 0 spiro atoms. The number of rotatable bonds is 3. The molecular formula is C18H15BrN4O. The van der Waals surface area contributed by atoms with Crippen LogP contribution >= 0.6 is 15.9 Å². The lowest BCUT2D eigenvalue weighted by atomic mass is 10.1. The van der Waals surface area contributed by atoms with E-state index in [-0.39, 0.29) is 5.75 Å². The summed E-state index contributed by atoms with van der Waals surface area (Å²) in [5, 5.41) is 13.3. The van der Waals surface area contributed by atoms with Crippen molar-refractivity contribution in [3.8, 4) is 17.1 Å². The van der Waals surface area contributed by atoms with Crippen LogP contribution < -0.4 is 5.84 Å². The van der Waals surface area contributed by atoms with E-state index in [1.807, 2.05) is 37.3 Å². The first kappa shape index (κ1) is 16.1. The number of phenols is 1. The SMILES string of the molecule is Cc1cc(/C(=N/N)c2ccc(O)cc2)nc(-c2ccc(Br)cc2)n1. The van der Waals surface area contributed by atoms with Gasteiger partial charge in [-0.3, -0.25) is 0 Å². The number of benzene rings is 2. The van der Waals surface area contributed by atoms with Crippen LogP contribution in [0.1, 0.15) is 17.0 Å². The van der Waals surface area contributed by atoms with Gasteiger partial charge in [-0.1, -0.05) is 28.1 Å². The Kier molecular flexibility index (Phi) is 4.57. The van der Waals surface area contributed by atoms with Crippen molar-refractivity contribution in [3.05, 3.63) is 76.0 Å². The Hall–Kier alpha value is -2.73. The van der Waals surface area contributed by atoms with Gasteiger partial charge in [0.15, 0.2) is 5.82 Å². The van der Waals surface area contributed by atoms with Crippen LogP contribution in [0.25, 0.3) is 11.4 Å². The number of nitrogens with zero attached hydrogens (tertiary/aromatic N) is 3. The first-order chi connectivity index (χ1) is 11.6. The van der Waals surface area contributed by atoms with Gasteiger partial charge >= 0.3 is 0 Å². The van der Waals surface area contributed by atoms with Crippen molar-refractivity contribution < 1.29 is 5.11 Å². The van der Waals surface area contributed by atoms with Crippen molar-refractivity contribution in [2.24, 2.45) is 10.9 Å². The zero-order valence-corrected chi connectivity index (χ0v) is 14.5. The summed E-state index contributed by atoms with van der Waals surface area (Å²) in [6.45, 7) is 1.90. The van der Waals surface area contributed by atoms with Crippen molar-refractivity contribution in [2.45, 2.75) is 6.92 Å². The van der Waals surface area contributed by atoms with Gasteiger partial charge in [-0.15, -0.1) is 0 Å². The molecule has 5 nitrogen and oxygen atoms in total. The molecule has 0 saturated carbocycles. The molecule has 1 aromatic heterocycles. The van der Waals surface area contributed by atoms with Gasteiger partial charge in [0, 0.05) is 21.3 Å². The van der Waals surface area contributed by atoms with Crippen molar-refractivity contribution in [1.82, 2.24) is 9.97 Å². The maximum absolute atomic E-state index is 9.44. The third-order valence-electron chi connectivity index (χ3n) is 3.47. The van der Waals surface area contributed by atoms with E-state index < -0.39 is 0 Å². The highest BCUT2D eigenvalue weighted by Gasteiger charge is 2.12. The summed E-state index contributed by atoms with van der Waals surface area (Å²) in [6, 6.07) is 16.3. The first-order valence-electron chi connectivity index (χ1n) is 7.26. The lowest BCUT2D eigenvalue weighted by Crippen LogP contribution is -2.10. The molecule has 3 N–H and O–H groups in total. The fourth-order valence-electron chi connectivity index (χ4n) is 2.33. The number of hydrogen-bond donors (Lipinski definition) is 2. The van der Waals surface area contributed by atoms with Crippen LogP contribution in [0.4, 0.5) is 0 Å². The van der Waals surface area contributed by atoms with Crippen LogP contribution in [0, 0.1) is 6.92 Å². The Morgan fingerprint density at radius 1 is 1.04 bits per heavy atom. The van der Waals surface area contributed by atoms with E-state index in [9.17, 15) is 5.11 Å². The second kappa shape index (κ2) is 6.80. The Morgan fingerprint density at radius 2 is 1.71 bits per heavy atom. The van der Waals surface area contributed by atoms with E-state index in [1.54, 1.807) is 24.3 Å². The second-order valence-corrected chi connectivity index (χ2v) is 6.17. The summed E-state index contributed by atoms with van der Waals surface area (Å²) < 4.78 is 0.993. The summed E-state index contributed by atoms with van der Waals surface area (Å²) in [7, 11) is 0. The molecule has 0 bridgehead atoms. The van der Waals surface area contributed by atoms with E-state index in [0.717, 1.165) is 21.3 Å². The number of nitrogens with two attached hydrogens (primary N) is 1. The molecule has 3 aromatic rings. The summed E-state index contributed by atoms with van der Waals surface area (Å²) in [5.41, 5.74) is 3.67. The molecule has 0 aliphatic rings. The predicted molar refractivity (Wildman–Crippen MR) is 97.8 cm³/mol. The number of hydrazone groups is 1. The first-order valence-corrected chi connectivity index (χ1v) is 8.05. The quantitative estimate of drug-likeness (QED) is 0.411. The van der Waals surface area contributed by atoms with E-state index >= 15 is 0 Å². The van der Waals surface area contributed by atoms with E-state index in [2.05, 4.69) is 31.0 Å². The minimum atomic E-state index is 0.185. The molecule has 0 aliphatic carbocycles. The van der Waals surface area contributed by atoms with E-state index in [1.165, 1.54) is 0 Å². The molecule has 24 heavy (non-hydrogen) atoms. The Morgan fingerprint density at radius 3 is 2.33 bits per heavy atom. The highest BCUT2D eigenvalue weighted by atomic mass is 79.9. The molecule has 0 saturated heterocycles. The number of hydrogen-bond acceptors (Lipinski definition) is 5. The van der Waals surface area contributed by atoms with Crippen molar-refractivity contribution in [3.63, 3.8) is 0 Å². The van der Waals surface area contributed by atoms with E-state index in [4.69, 9.17) is 5.84 Å². The Balaban J connectivity index is 2.07. The van der Waals surface area contributed by atoms with Gasteiger partial charge in [0.2, 0.25) is 0 Å². The van der Waals surface area contributed by atoms with Gasteiger partial charge in [0.05, 0.1) is 5.69 Å². The van der Waals surface area contributed by atoms with Crippen molar-refractivity contribution >= 4 is 21.6 Å². The molecule has 0 aliphatic heterocycles. The standard InChI is InChI=1S/C18H15BrN4O/c1-11-10-16(17(23-20)12-4-8-15(24)9-5-12)22-18(21-11)13-2-6-14(19)7-3-13/h2-10,24H,20H2,1H3/b23-17+. The molecule has 3 rings (SSSR count). The molecule has 120 valence electrons. The normalized spacial score (nSPS) is 11.5. The monoisotopic (exact) mass is 382 g/mol. The average molecular weight is 383 g/mol. The van der Waals surface area contributed by atoms with Crippen LogP contribution in [-0.4, -0.2) is 20.8 Å². The molecule has 0 unspecified atom stereocenters. The van der Waals surface area contributed by atoms with Crippen LogP contribution in [-0.2, 0) is 0 Å². The topological polar surface area (TPSA) is 84.4 Å². The number of aromatic nitrogens is 2. The third-order valence-corrected chi connectivity index (χ3v) is 4.00. The Labute approximate surface area is 148 Å². The lowest BCUT2D eigenvalue weighted by molar-refractivity contribution is 0.475. The zero-order valence-electron chi connectivity index (χ0n) is 12.9. The highest BCUT2D eigenvalue weighted by Crippen LogP contribution is 2.21. The largest absolute Gasteiger partial charge is 0.508 e. The second-order valence-electron chi connectivity index (χ2n) is 5.25. The van der Waals surface area contributed by atoms with Crippen LogP contribution in [0.2, 0.25) is 0 Å². The third kappa shape index (κ3) is 3.44. The smallest absolute Gasteiger partial charge is 0.160 e. The van der Waals surface area contributed by atoms with Gasteiger partial charge in [-0.05, 0) is 49.4 Å². The lowest BCUT2D eigenvalue weighted by Gasteiger charge is -2.09. The van der Waals surface area contributed by atoms with E-state index in [0.29, 0.717) is 17.2 Å². The summed E-state index contributed by atoms with van der Waals surface area (Å²) in [4.78, 5) is 9.10. The Bertz CT molecular complexity index is 890.